The Labute approximate surface area is 139 Å². The van der Waals surface area contributed by atoms with Crippen molar-refractivity contribution in [3.8, 4) is 0 Å². The molecule has 1 amide bonds. The summed E-state index contributed by atoms with van der Waals surface area (Å²) in [6.45, 7) is 6.15. The number of nitrogens with one attached hydrogen (secondary N) is 1. The van der Waals surface area contributed by atoms with E-state index in [1.807, 2.05) is 13.8 Å². The number of hydrogen-bond acceptors (Lipinski definition) is 4. The lowest BCUT2D eigenvalue weighted by Crippen LogP contribution is -2.35. The molecule has 7 heteroatoms. The molecule has 23 heavy (non-hydrogen) atoms. The number of hydrogen-bond donors (Lipinski definition) is 2. The number of carbonyl (C=O) groups excluding carboxylic acids is 1. The number of carbonyl (C=O) groups is 1. The van der Waals surface area contributed by atoms with Crippen LogP contribution in [0, 0.1) is 5.92 Å². The predicted octanol–water partition coefficient (Wildman–Crippen LogP) is 1.89. The van der Waals surface area contributed by atoms with Gasteiger partial charge in [-0.2, -0.15) is 0 Å². The lowest BCUT2D eigenvalue weighted by atomic mass is 10.0. The van der Waals surface area contributed by atoms with Crippen LogP contribution in [0.3, 0.4) is 0 Å². The molecule has 0 bridgehead atoms. The van der Waals surface area contributed by atoms with Crippen LogP contribution in [0.15, 0.2) is 24.3 Å². The Kier molecular flexibility index (Phi) is 7.02. The second kappa shape index (κ2) is 8.31. The van der Waals surface area contributed by atoms with Gasteiger partial charge in [-0.15, -0.1) is 0 Å². The number of rotatable bonds is 8. The van der Waals surface area contributed by atoms with Crippen LogP contribution < -0.4 is 10.5 Å². The van der Waals surface area contributed by atoms with Gasteiger partial charge in [-0.05, 0) is 31.4 Å². The third-order valence-corrected chi connectivity index (χ3v) is 5.09. The maximum atomic E-state index is 12.6. The molecule has 0 aliphatic rings. The standard InChI is InChI=1S/C16H27N3O3S/c1-5-23(21,22)18-15-9-7-6-8-13(15)16(20)19(4)11-10-14(17)12(2)3/h6-9,12,14,18H,5,10-11,17H2,1-4H3. The fraction of sp³-hybridized carbons (Fsp3) is 0.562. The van der Waals surface area contributed by atoms with Gasteiger partial charge in [0.2, 0.25) is 10.0 Å². The van der Waals surface area contributed by atoms with Gasteiger partial charge in [0.1, 0.15) is 0 Å². The average Bonchev–Trinajstić information content (AvgIpc) is 2.51. The summed E-state index contributed by atoms with van der Waals surface area (Å²) >= 11 is 0. The molecule has 0 fully saturated rings. The number of benzene rings is 1. The molecule has 1 unspecified atom stereocenters. The number of nitrogens with zero attached hydrogens (tertiary/aromatic N) is 1. The lowest BCUT2D eigenvalue weighted by Gasteiger charge is -2.22. The number of amides is 1. The molecule has 1 rings (SSSR count). The van der Waals surface area contributed by atoms with Crippen molar-refractivity contribution in [3.63, 3.8) is 0 Å². The summed E-state index contributed by atoms with van der Waals surface area (Å²) in [4.78, 5) is 14.1. The van der Waals surface area contributed by atoms with Gasteiger partial charge in [-0.25, -0.2) is 8.42 Å². The van der Waals surface area contributed by atoms with Crippen LogP contribution >= 0.6 is 0 Å². The first-order valence-electron chi connectivity index (χ1n) is 7.78. The van der Waals surface area contributed by atoms with E-state index in [0.717, 1.165) is 0 Å². The third kappa shape index (κ3) is 5.84. The zero-order valence-corrected chi connectivity index (χ0v) is 15.1. The predicted molar refractivity (Wildman–Crippen MR) is 93.9 cm³/mol. The molecule has 0 saturated carbocycles. The van der Waals surface area contributed by atoms with Crippen molar-refractivity contribution in [2.75, 3.05) is 24.1 Å². The molecule has 0 spiro atoms. The summed E-state index contributed by atoms with van der Waals surface area (Å²) < 4.78 is 26.0. The first-order chi connectivity index (χ1) is 10.7. The molecule has 0 radical (unpaired) electrons. The van der Waals surface area contributed by atoms with Gasteiger partial charge in [0.15, 0.2) is 0 Å². The SMILES string of the molecule is CCS(=O)(=O)Nc1ccccc1C(=O)N(C)CCC(N)C(C)C. The van der Waals surface area contributed by atoms with Crippen molar-refractivity contribution in [2.45, 2.75) is 33.2 Å². The monoisotopic (exact) mass is 341 g/mol. The summed E-state index contributed by atoms with van der Waals surface area (Å²) in [6, 6.07) is 6.64. The minimum Gasteiger partial charge on any atom is -0.342 e. The van der Waals surface area contributed by atoms with Gasteiger partial charge in [0.25, 0.3) is 5.91 Å². The first kappa shape index (κ1) is 19.4. The largest absolute Gasteiger partial charge is 0.342 e. The smallest absolute Gasteiger partial charge is 0.255 e. The molecule has 1 atom stereocenters. The van der Waals surface area contributed by atoms with Crippen LogP contribution in [0.1, 0.15) is 37.6 Å². The van der Waals surface area contributed by atoms with E-state index >= 15 is 0 Å². The molecular weight excluding hydrogens is 314 g/mol. The minimum absolute atomic E-state index is 0.0269. The number of anilines is 1. The summed E-state index contributed by atoms with van der Waals surface area (Å²) in [5, 5.41) is 0. The number of sulfonamides is 1. The number of nitrogens with two attached hydrogens (primary N) is 1. The minimum atomic E-state index is -3.43. The van der Waals surface area contributed by atoms with Crippen molar-refractivity contribution in [1.82, 2.24) is 4.90 Å². The van der Waals surface area contributed by atoms with E-state index in [-0.39, 0.29) is 17.7 Å². The highest BCUT2D eigenvalue weighted by Crippen LogP contribution is 2.19. The van der Waals surface area contributed by atoms with Crippen molar-refractivity contribution in [3.05, 3.63) is 29.8 Å². The zero-order chi connectivity index (χ0) is 17.6. The molecule has 1 aromatic rings. The topological polar surface area (TPSA) is 92.5 Å². The molecule has 3 N–H and O–H groups in total. The highest BCUT2D eigenvalue weighted by molar-refractivity contribution is 7.92. The van der Waals surface area contributed by atoms with Gasteiger partial charge in [-0.1, -0.05) is 26.0 Å². The fourth-order valence-electron chi connectivity index (χ4n) is 1.98. The Morgan fingerprint density at radius 2 is 1.91 bits per heavy atom. The van der Waals surface area contributed by atoms with Crippen LogP contribution in [0.5, 0.6) is 0 Å². The molecule has 0 heterocycles. The summed E-state index contributed by atoms with van der Waals surface area (Å²) in [5.41, 5.74) is 6.65. The highest BCUT2D eigenvalue weighted by atomic mass is 32.2. The molecule has 0 aliphatic carbocycles. The van der Waals surface area contributed by atoms with E-state index in [1.54, 1.807) is 43.1 Å². The molecule has 0 aliphatic heterocycles. The van der Waals surface area contributed by atoms with E-state index in [4.69, 9.17) is 5.73 Å². The van der Waals surface area contributed by atoms with Crippen LogP contribution in [0.4, 0.5) is 5.69 Å². The van der Waals surface area contributed by atoms with Crippen LogP contribution in [-0.2, 0) is 10.0 Å². The van der Waals surface area contributed by atoms with Gasteiger partial charge < -0.3 is 10.6 Å². The van der Waals surface area contributed by atoms with Crippen LogP contribution in [-0.4, -0.2) is 44.6 Å². The van der Waals surface area contributed by atoms with Crippen molar-refractivity contribution in [2.24, 2.45) is 11.7 Å². The van der Waals surface area contributed by atoms with E-state index in [2.05, 4.69) is 4.72 Å². The van der Waals surface area contributed by atoms with Crippen LogP contribution in [0.25, 0.3) is 0 Å². The van der Waals surface area contributed by atoms with Crippen molar-refractivity contribution >= 4 is 21.6 Å². The van der Waals surface area contributed by atoms with Gasteiger partial charge >= 0.3 is 0 Å². The van der Waals surface area contributed by atoms with Gasteiger partial charge in [0, 0.05) is 19.6 Å². The van der Waals surface area contributed by atoms with E-state index in [1.165, 1.54) is 0 Å². The Morgan fingerprint density at radius 3 is 2.48 bits per heavy atom. The Bertz CT molecular complexity index is 629. The van der Waals surface area contributed by atoms with E-state index < -0.39 is 10.0 Å². The summed E-state index contributed by atoms with van der Waals surface area (Å²) in [7, 11) is -1.74. The molecule has 0 aromatic heterocycles. The van der Waals surface area contributed by atoms with Crippen molar-refractivity contribution < 1.29 is 13.2 Å². The Hall–Kier alpha value is -1.60. The van der Waals surface area contributed by atoms with Gasteiger partial charge in [0.05, 0.1) is 17.0 Å². The molecular formula is C16H27N3O3S. The molecule has 1 aromatic carbocycles. The summed E-state index contributed by atoms with van der Waals surface area (Å²) in [5.74, 6) is 0.0757. The highest BCUT2D eigenvalue weighted by Gasteiger charge is 2.19. The van der Waals surface area contributed by atoms with E-state index in [0.29, 0.717) is 30.1 Å². The fourth-order valence-corrected chi connectivity index (χ4v) is 2.64. The second-order valence-electron chi connectivity index (χ2n) is 5.97. The van der Waals surface area contributed by atoms with Crippen LogP contribution in [0.2, 0.25) is 0 Å². The third-order valence-electron chi connectivity index (χ3n) is 3.80. The van der Waals surface area contributed by atoms with E-state index in [9.17, 15) is 13.2 Å². The zero-order valence-electron chi connectivity index (χ0n) is 14.2. The van der Waals surface area contributed by atoms with Gasteiger partial charge in [-0.3, -0.25) is 9.52 Å². The molecule has 0 saturated heterocycles. The second-order valence-corrected chi connectivity index (χ2v) is 7.99. The Balaban J connectivity index is 2.87. The normalized spacial score (nSPS) is 13.0. The first-order valence-corrected chi connectivity index (χ1v) is 9.43. The quantitative estimate of drug-likeness (QED) is 0.755. The molecule has 130 valence electrons. The number of para-hydroxylation sites is 1. The Morgan fingerprint density at radius 1 is 1.30 bits per heavy atom. The maximum Gasteiger partial charge on any atom is 0.255 e. The molecule has 6 nitrogen and oxygen atoms in total. The van der Waals surface area contributed by atoms with Crippen molar-refractivity contribution in [1.29, 1.82) is 0 Å². The average molecular weight is 341 g/mol. The maximum absolute atomic E-state index is 12.6. The summed E-state index contributed by atoms with van der Waals surface area (Å²) in [6.07, 6.45) is 0.697. The lowest BCUT2D eigenvalue weighted by molar-refractivity contribution is 0.0790.